The highest BCUT2D eigenvalue weighted by Crippen LogP contribution is 2.27. The molecule has 1 heterocycles. The highest BCUT2D eigenvalue weighted by molar-refractivity contribution is 5.95. The van der Waals surface area contributed by atoms with E-state index in [4.69, 9.17) is 0 Å². The van der Waals surface area contributed by atoms with Gasteiger partial charge in [0.2, 0.25) is 0 Å². The standard InChI is InChI=1S/C16H20N6O3/c1-11-5-4-6-12(9-11)15(24)18-17-14(23)10-21-16(25)22(20-19-21)13-7-2-3-8-13/h4-6,9,13H,2-3,7-8,10H2,1H3,(H,17,23)(H,18,24). The average Bonchev–Trinajstić information content (AvgIpc) is 3.23. The number of hydrazine groups is 1. The molecule has 25 heavy (non-hydrogen) atoms. The van der Waals surface area contributed by atoms with Gasteiger partial charge in [-0.1, -0.05) is 30.5 Å². The molecule has 1 aliphatic rings. The lowest BCUT2D eigenvalue weighted by atomic mass is 10.1. The molecule has 2 N–H and O–H groups in total. The number of carbonyl (C=O) groups excluding carboxylic acids is 2. The Morgan fingerprint density at radius 1 is 1.20 bits per heavy atom. The average molecular weight is 344 g/mol. The first-order valence-electron chi connectivity index (χ1n) is 8.23. The highest BCUT2D eigenvalue weighted by atomic mass is 16.2. The molecule has 0 aliphatic heterocycles. The van der Waals surface area contributed by atoms with E-state index in [0.29, 0.717) is 5.56 Å². The molecule has 0 saturated heterocycles. The quantitative estimate of drug-likeness (QED) is 0.776. The van der Waals surface area contributed by atoms with Crippen molar-refractivity contribution in [3.63, 3.8) is 0 Å². The van der Waals surface area contributed by atoms with Gasteiger partial charge in [-0.15, -0.1) is 0 Å². The number of benzene rings is 1. The largest absolute Gasteiger partial charge is 0.364 e. The van der Waals surface area contributed by atoms with Crippen molar-refractivity contribution < 1.29 is 9.59 Å². The van der Waals surface area contributed by atoms with E-state index in [1.807, 2.05) is 13.0 Å². The van der Waals surface area contributed by atoms with E-state index < -0.39 is 17.5 Å². The lowest BCUT2D eigenvalue weighted by Gasteiger charge is -2.07. The number of tetrazole rings is 1. The van der Waals surface area contributed by atoms with Crippen LogP contribution < -0.4 is 16.5 Å². The van der Waals surface area contributed by atoms with Crippen molar-refractivity contribution in [2.24, 2.45) is 0 Å². The fourth-order valence-corrected chi connectivity index (χ4v) is 2.92. The van der Waals surface area contributed by atoms with E-state index in [-0.39, 0.29) is 12.6 Å². The predicted octanol–water partition coefficient (Wildman–Crippen LogP) is 0.325. The van der Waals surface area contributed by atoms with E-state index >= 15 is 0 Å². The maximum Gasteiger partial charge on any atom is 0.364 e. The molecule has 2 amide bonds. The Kier molecular flexibility index (Phi) is 4.92. The van der Waals surface area contributed by atoms with E-state index in [1.165, 1.54) is 4.68 Å². The van der Waals surface area contributed by atoms with Gasteiger partial charge < -0.3 is 0 Å². The van der Waals surface area contributed by atoms with Gasteiger partial charge >= 0.3 is 5.69 Å². The molecule has 1 fully saturated rings. The normalized spacial score (nSPS) is 14.4. The van der Waals surface area contributed by atoms with Crippen LogP contribution in [0.4, 0.5) is 0 Å². The summed E-state index contributed by atoms with van der Waals surface area (Å²) < 4.78 is 2.33. The van der Waals surface area contributed by atoms with Crippen LogP contribution in [-0.2, 0) is 11.3 Å². The minimum Gasteiger partial charge on any atom is -0.271 e. The summed E-state index contributed by atoms with van der Waals surface area (Å²) in [4.78, 5) is 36.1. The van der Waals surface area contributed by atoms with Crippen LogP contribution in [0.5, 0.6) is 0 Å². The van der Waals surface area contributed by atoms with Gasteiger partial charge in [0, 0.05) is 5.56 Å². The number of aromatic nitrogens is 4. The fourth-order valence-electron chi connectivity index (χ4n) is 2.92. The smallest absolute Gasteiger partial charge is 0.271 e. The van der Waals surface area contributed by atoms with Crippen LogP contribution in [0.1, 0.15) is 47.6 Å². The summed E-state index contributed by atoms with van der Waals surface area (Å²) in [6.07, 6.45) is 3.93. The summed E-state index contributed by atoms with van der Waals surface area (Å²) in [5.74, 6) is -0.986. The first kappa shape index (κ1) is 16.9. The molecule has 0 atom stereocenters. The monoisotopic (exact) mass is 344 g/mol. The molecule has 9 heteroatoms. The molecular formula is C16H20N6O3. The van der Waals surface area contributed by atoms with Gasteiger partial charge in [0.15, 0.2) is 0 Å². The van der Waals surface area contributed by atoms with Crippen molar-refractivity contribution in [3.05, 3.63) is 45.9 Å². The zero-order chi connectivity index (χ0) is 17.8. The van der Waals surface area contributed by atoms with Crippen LogP contribution in [0, 0.1) is 6.92 Å². The molecule has 0 radical (unpaired) electrons. The Morgan fingerprint density at radius 3 is 2.68 bits per heavy atom. The number of carbonyl (C=O) groups is 2. The first-order chi connectivity index (χ1) is 12.0. The second-order valence-electron chi connectivity index (χ2n) is 6.17. The third-order valence-electron chi connectivity index (χ3n) is 4.22. The van der Waals surface area contributed by atoms with Crippen molar-refractivity contribution in [3.8, 4) is 0 Å². The third kappa shape index (κ3) is 3.93. The summed E-state index contributed by atoms with van der Waals surface area (Å²) in [5, 5.41) is 7.59. The van der Waals surface area contributed by atoms with Crippen LogP contribution >= 0.6 is 0 Å². The minimum atomic E-state index is -0.554. The summed E-state index contributed by atoms with van der Waals surface area (Å²) in [6.45, 7) is 1.56. The highest BCUT2D eigenvalue weighted by Gasteiger charge is 2.22. The summed E-state index contributed by atoms with van der Waals surface area (Å²) in [6, 6.07) is 7.04. The Bertz CT molecular complexity index is 834. The van der Waals surface area contributed by atoms with Crippen molar-refractivity contribution in [2.75, 3.05) is 0 Å². The van der Waals surface area contributed by atoms with Crippen LogP contribution in [0.25, 0.3) is 0 Å². The maximum absolute atomic E-state index is 12.2. The number of hydrogen-bond donors (Lipinski definition) is 2. The lowest BCUT2D eigenvalue weighted by Crippen LogP contribution is -2.44. The van der Waals surface area contributed by atoms with Gasteiger partial charge in [0.25, 0.3) is 11.8 Å². The molecule has 132 valence electrons. The van der Waals surface area contributed by atoms with Crippen molar-refractivity contribution >= 4 is 11.8 Å². The number of hydrogen-bond acceptors (Lipinski definition) is 5. The van der Waals surface area contributed by atoms with Crippen molar-refractivity contribution in [2.45, 2.75) is 45.2 Å². The topological polar surface area (TPSA) is 111 Å². The molecule has 1 aromatic carbocycles. The van der Waals surface area contributed by atoms with Crippen LogP contribution in [0.15, 0.2) is 29.1 Å². The molecule has 0 spiro atoms. The predicted molar refractivity (Wildman–Crippen MR) is 88.6 cm³/mol. The first-order valence-corrected chi connectivity index (χ1v) is 8.23. The molecule has 0 bridgehead atoms. The second-order valence-corrected chi connectivity index (χ2v) is 6.17. The van der Waals surface area contributed by atoms with Gasteiger partial charge in [-0.25, -0.2) is 4.79 Å². The number of rotatable bonds is 4. The Balaban J connectivity index is 1.56. The number of amides is 2. The van der Waals surface area contributed by atoms with E-state index in [1.54, 1.807) is 18.2 Å². The molecule has 0 unspecified atom stereocenters. The number of nitrogens with zero attached hydrogens (tertiary/aromatic N) is 4. The molecule has 1 aromatic heterocycles. The zero-order valence-electron chi connectivity index (χ0n) is 13.9. The van der Waals surface area contributed by atoms with Crippen LogP contribution in [0.2, 0.25) is 0 Å². The van der Waals surface area contributed by atoms with Gasteiger partial charge in [0.1, 0.15) is 6.54 Å². The van der Waals surface area contributed by atoms with Gasteiger partial charge in [0.05, 0.1) is 6.04 Å². The molecule has 1 saturated carbocycles. The summed E-state index contributed by atoms with van der Waals surface area (Å²) in [5.41, 5.74) is 5.56. The third-order valence-corrected chi connectivity index (χ3v) is 4.22. The molecular weight excluding hydrogens is 324 g/mol. The molecule has 3 rings (SSSR count). The van der Waals surface area contributed by atoms with Crippen LogP contribution in [-0.4, -0.2) is 31.6 Å². The van der Waals surface area contributed by atoms with Crippen molar-refractivity contribution in [1.82, 2.24) is 30.6 Å². The van der Waals surface area contributed by atoms with E-state index in [2.05, 4.69) is 21.3 Å². The maximum atomic E-state index is 12.2. The van der Waals surface area contributed by atoms with Gasteiger partial charge in [-0.05, 0) is 42.3 Å². The van der Waals surface area contributed by atoms with E-state index in [9.17, 15) is 14.4 Å². The van der Waals surface area contributed by atoms with E-state index in [0.717, 1.165) is 35.9 Å². The van der Waals surface area contributed by atoms with Crippen LogP contribution in [0.3, 0.4) is 0 Å². The summed E-state index contributed by atoms with van der Waals surface area (Å²) in [7, 11) is 0. The minimum absolute atomic E-state index is 0.0605. The Labute approximate surface area is 144 Å². The zero-order valence-corrected chi connectivity index (χ0v) is 13.9. The number of aryl methyl sites for hydroxylation is 1. The lowest BCUT2D eigenvalue weighted by molar-refractivity contribution is -0.122. The second kappa shape index (κ2) is 7.29. The SMILES string of the molecule is Cc1cccc(C(=O)NNC(=O)Cn2nnn(C3CCCC3)c2=O)c1. The summed E-state index contributed by atoms with van der Waals surface area (Å²) >= 11 is 0. The molecule has 1 aliphatic carbocycles. The molecule has 9 nitrogen and oxygen atoms in total. The molecule has 2 aromatic rings. The Morgan fingerprint density at radius 2 is 1.96 bits per heavy atom. The van der Waals surface area contributed by atoms with Gasteiger partial charge in [-0.2, -0.15) is 9.36 Å². The van der Waals surface area contributed by atoms with Crippen molar-refractivity contribution in [1.29, 1.82) is 0 Å². The Hall–Kier alpha value is -2.97. The number of nitrogens with one attached hydrogen (secondary N) is 2. The fraction of sp³-hybridized carbons (Fsp3) is 0.438. The van der Waals surface area contributed by atoms with Gasteiger partial charge in [-0.3, -0.25) is 20.4 Å².